The summed E-state index contributed by atoms with van der Waals surface area (Å²) in [5.41, 5.74) is 2.20. The van der Waals surface area contributed by atoms with E-state index in [1.54, 1.807) is 11.8 Å². The standard InChI is InChI=1S/C21H31N5O3/c1-4-22-21(23-13-17-6-5-7-19(12-17)28-11-10-27-3)26-8-9-29-20(16-26)18-14-24-25(2)15-18/h5-7,12,14-15,20H,4,8-11,13,16H2,1-3H3,(H,22,23). The summed E-state index contributed by atoms with van der Waals surface area (Å²) in [4.78, 5) is 7.11. The van der Waals surface area contributed by atoms with Crippen molar-refractivity contribution in [1.29, 1.82) is 0 Å². The van der Waals surface area contributed by atoms with Gasteiger partial charge in [0.2, 0.25) is 0 Å². The van der Waals surface area contributed by atoms with E-state index in [1.807, 2.05) is 37.6 Å². The van der Waals surface area contributed by atoms with Gasteiger partial charge in [0.05, 0.1) is 32.5 Å². The Morgan fingerprint density at radius 3 is 3.03 bits per heavy atom. The summed E-state index contributed by atoms with van der Waals surface area (Å²) < 4.78 is 18.5. The van der Waals surface area contributed by atoms with Crippen molar-refractivity contribution in [3.05, 3.63) is 47.8 Å². The highest BCUT2D eigenvalue weighted by Gasteiger charge is 2.25. The first-order chi connectivity index (χ1) is 14.2. The summed E-state index contributed by atoms with van der Waals surface area (Å²) in [5.74, 6) is 1.73. The van der Waals surface area contributed by atoms with Crippen LogP contribution in [-0.4, -0.2) is 67.2 Å². The molecular formula is C21H31N5O3. The van der Waals surface area contributed by atoms with Gasteiger partial charge in [-0.05, 0) is 24.6 Å². The van der Waals surface area contributed by atoms with Gasteiger partial charge in [0.1, 0.15) is 18.5 Å². The van der Waals surface area contributed by atoms with Gasteiger partial charge in [0.25, 0.3) is 0 Å². The molecule has 1 aliphatic heterocycles. The first kappa shape index (κ1) is 21.1. The molecule has 1 atom stereocenters. The van der Waals surface area contributed by atoms with Crippen LogP contribution in [0.1, 0.15) is 24.2 Å². The third-order valence-electron chi connectivity index (χ3n) is 4.66. The van der Waals surface area contributed by atoms with Crippen molar-refractivity contribution in [2.24, 2.45) is 12.0 Å². The largest absolute Gasteiger partial charge is 0.491 e. The molecule has 0 saturated carbocycles. The van der Waals surface area contributed by atoms with E-state index in [9.17, 15) is 0 Å². The van der Waals surface area contributed by atoms with Gasteiger partial charge >= 0.3 is 0 Å². The molecule has 3 rings (SSSR count). The lowest BCUT2D eigenvalue weighted by atomic mass is 10.1. The Balaban J connectivity index is 1.65. The van der Waals surface area contributed by atoms with Crippen LogP contribution in [0.5, 0.6) is 5.75 Å². The molecule has 1 aliphatic rings. The van der Waals surface area contributed by atoms with Crippen LogP contribution in [-0.2, 0) is 23.1 Å². The van der Waals surface area contributed by atoms with E-state index >= 15 is 0 Å². The van der Waals surface area contributed by atoms with Crippen molar-refractivity contribution >= 4 is 5.96 Å². The fourth-order valence-corrected chi connectivity index (χ4v) is 3.22. The van der Waals surface area contributed by atoms with E-state index in [2.05, 4.69) is 28.3 Å². The summed E-state index contributed by atoms with van der Waals surface area (Å²) in [6.45, 7) is 6.80. The number of hydrogen-bond acceptors (Lipinski definition) is 5. The van der Waals surface area contributed by atoms with Crippen LogP contribution >= 0.6 is 0 Å². The summed E-state index contributed by atoms with van der Waals surface area (Å²) in [6, 6.07) is 8.04. The number of benzene rings is 1. The number of nitrogens with one attached hydrogen (secondary N) is 1. The number of nitrogens with zero attached hydrogens (tertiary/aromatic N) is 4. The monoisotopic (exact) mass is 401 g/mol. The minimum atomic E-state index is -0.00109. The van der Waals surface area contributed by atoms with Gasteiger partial charge in [-0.15, -0.1) is 0 Å². The van der Waals surface area contributed by atoms with Gasteiger partial charge in [-0.3, -0.25) is 4.68 Å². The van der Waals surface area contributed by atoms with E-state index in [1.165, 1.54) is 0 Å². The smallest absolute Gasteiger partial charge is 0.194 e. The van der Waals surface area contributed by atoms with E-state index in [-0.39, 0.29) is 6.10 Å². The number of aryl methyl sites for hydroxylation is 1. The highest BCUT2D eigenvalue weighted by molar-refractivity contribution is 5.80. The Bertz CT molecular complexity index is 792. The zero-order valence-electron chi connectivity index (χ0n) is 17.5. The second-order valence-electron chi connectivity index (χ2n) is 6.91. The van der Waals surface area contributed by atoms with Crippen molar-refractivity contribution in [2.75, 3.05) is 46.6 Å². The average Bonchev–Trinajstić information content (AvgIpc) is 3.18. The third kappa shape index (κ3) is 6.20. The SMILES string of the molecule is CCNC(=NCc1cccc(OCCOC)c1)N1CCOC(c2cnn(C)c2)C1. The van der Waals surface area contributed by atoms with E-state index in [0.717, 1.165) is 42.5 Å². The zero-order valence-corrected chi connectivity index (χ0v) is 17.5. The molecule has 0 amide bonds. The third-order valence-corrected chi connectivity index (χ3v) is 4.66. The number of hydrogen-bond donors (Lipinski definition) is 1. The predicted octanol–water partition coefficient (Wildman–Crippen LogP) is 1.98. The summed E-state index contributed by atoms with van der Waals surface area (Å²) >= 11 is 0. The minimum Gasteiger partial charge on any atom is -0.491 e. The number of rotatable bonds is 8. The molecule has 29 heavy (non-hydrogen) atoms. The fourth-order valence-electron chi connectivity index (χ4n) is 3.22. The summed E-state index contributed by atoms with van der Waals surface area (Å²) in [6.07, 6.45) is 3.87. The van der Waals surface area contributed by atoms with Gasteiger partial charge in [-0.2, -0.15) is 5.10 Å². The van der Waals surface area contributed by atoms with Crippen molar-refractivity contribution in [3.8, 4) is 5.75 Å². The number of ether oxygens (including phenoxy) is 3. The van der Waals surface area contributed by atoms with Crippen LogP contribution in [0.2, 0.25) is 0 Å². The van der Waals surface area contributed by atoms with Crippen LogP contribution in [0, 0.1) is 0 Å². The molecule has 0 radical (unpaired) electrons. The molecule has 0 bridgehead atoms. The Morgan fingerprint density at radius 2 is 2.28 bits per heavy atom. The minimum absolute atomic E-state index is 0.00109. The molecule has 1 aromatic heterocycles. The first-order valence-electron chi connectivity index (χ1n) is 10.0. The molecule has 158 valence electrons. The van der Waals surface area contributed by atoms with Crippen molar-refractivity contribution < 1.29 is 14.2 Å². The fraction of sp³-hybridized carbons (Fsp3) is 0.524. The molecule has 1 unspecified atom stereocenters. The number of guanidine groups is 1. The maximum atomic E-state index is 5.96. The highest BCUT2D eigenvalue weighted by atomic mass is 16.5. The van der Waals surface area contributed by atoms with E-state index < -0.39 is 0 Å². The van der Waals surface area contributed by atoms with Crippen molar-refractivity contribution in [2.45, 2.75) is 19.6 Å². The van der Waals surface area contributed by atoms with Crippen LogP contribution in [0.4, 0.5) is 0 Å². The lowest BCUT2D eigenvalue weighted by Gasteiger charge is -2.34. The number of aromatic nitrogens is 2. The molecule has 8 nitrogen and oxygen atoms in total. The number of aliphatic imine (C=N–C) groups is 1. The van der Waals surface area contributed by atoms with Crippen LogP contribution < -0.4 is 10.1 Å². The van der Waals surface area contributed by atoms with Crippen LogP contribution in [0.15, 0.2) is 41.7 Å². The predicted molar refractivity (Wildman–Crippen MR) is 112 cm³/mol. The second kappa shape index (κ2) is 10.8. The van der Waals surface area contributed by atoms with Gasteiger partial charge in [-0.25, -0.2) is 4.99 Å². The van der Waals surface area contributed by atoms with Crippen LogP contribution in [0.3, 0.4) is 0 Å². The lowest BCUT2D eigenvalue weighted by Crippen LogP contribution is -2.48. The van der Waals surface area contributed by atoms with Crippen molar-refractivity contribution in [1.82, 2.24) is 20.0 Å². The molecule has 0 aliphatic carbocycles. The Kier molecular flexibility index (Phi) is 7.89. The zero-order chi connectivity index (χ0) is 20.5. The number of morpholine rings is 1. The Morgan fingerprint density at radius 1 is 1.38 bits per heavy atom. The Labute approximate surface area is 172 Å². The van der Waals surface area contributed by atoms with E-state index in [4.69, 9.17) is 19.2 Å². The maximum Gasteiger partial charge on any atom is 0.194 e. The second-order valence-corrected chi connectivity index (χ2v) is 6.91. The molecule has 2 aromatic rings. The average molecular weight is 402 g/mol. The first-order valence-corrected chi connectivity index (χ1v) is 10.0. The summed E-state index contributed by atoms with van der Waals surface area (Å²) in [7, 11) is 3.59. The van der Waals surface area contributed by atoms with Crippen LogP contribution in [0.25, 0.3) is 0 Å². The van der Waals surface area contributed by atoms with Gasteiger partial charge in [-0.1, -0.05) is 12.1 Å². The molecular weight excluding hydrogens is 370 g/mol. The van der Waals surface area contributed by atoms with E-state index in [0.29, 0.717) is 26.4 Å². The normalized spacial score (nSPS) is 17.4. The Hall–Kier alpha value is -2.58. The molecule has 0 spiro atoms. The topological polar surface area (TPSA) is 73.1 Å². The maximum absolute atomic E-state index is 5.96. The highest BCUT2D eigenvalue weighted by Crippen LogP contribution is 2.22. The van der Waals surface area contributed by atoms with Crippen molar-refractivity contribution in [3.63, 3.8) is 0 Å². The number of methoxy groups -OCH3 is 1. The molecule has 1 fully saturated rings. The molecule has 1 aromatic carbocycles. The molecule has 1 N–H and O–H groups in total. The molecule has 8 heteroatoms. The van der Waals surface area contributed by atoms with Gasteiger partial charge in [0.15, 0.2) is 5.96 Å². The van der Waals surface area contributed by atoms with Gasteiger partial charge < -0.3 is 24.4 Å². The quantitative estimate of drug-likeness (QED) is 0.414. The molecule has 1 saturated heterocycles. The lowest BCUT2D eigenvalue weighted by molar-refractivity contribution is -0.00805. The van der Waals surface area contributed by atoms with Gasteiger partial charge in [0, 0.05) is 39.0 Å². The summed E-state index contributed by atoms with van der Waals surface area (Å²) in [5, 5.41) is 7.67. The molecule has 2 heterocycles.